The second kappa shape index (κ2) is 4.16. The quantitative estimate of drug-likeness (QED) is 0.499. The zero-order chi connectivity index (χ0) is 10.7. The third kappa shape index (κ3) is 2.00. The number of hydrogen-bond acceptors (Lipinski definition) is 3. The van der Waals surface area contributed by atoms with Gasteiger partial charge in [-0.1, -0.05) is 12.0 Å². The minimum absolute atomic E-state index is 0.512. The first-order valence-electron chi connectivity index (χ1n) is 4.37. The molecular weight excluding hydrogens is 208 g/mol. The summed E-state index contributed by atoms with van der Waals surface area (Å²) < 4.78 is 5.63. The molecule has 0 saturated carbocycles. The molecular formula is C12H8O2S. The molecule has 0 N–H and O–H groups in total. The van der Waals surface area contributed by atoms with Crippen molar-refractivity contribution in [2.24, 2.45) is 0 Å². The monoisotopic (exact) mass is 216 g/mol. The number of esters is 1. The van der Waals surface area contributed by atoms with E-state index >= 15 is 0 Å². The molecule has 0 spiro atoms. The van der Waals surface area contributed by atoms with Crippen LogP contribution in [0.15, 0.2) is 29.6 Å². The molecule has 0 atom stereocenters. The van der Waals surface area contributed by atoms with E-state index in [1.165, 1.54) is 11.8 Å². The molecule has 2 aromatic rings. The van der Waals surface area contributed by atoms with E-state index in [-0.39, 0.29) is 0 Å². The Morgan fingerprint density at radius 2 is 2.27 bits per heavy atom. The van der Waals surface area contributed by atoms with Crippen LogP contribution in [-0.4, -0.2) is 13.1 Å². The van der Waals surface area contributed by atoms with E-state index in [0.717, 1.165) is 10.9 Å². The number of benzene rings is 1. The SMILES string of the molecule is COC(=O)C#Cc1cccc2sccc12. The highest BCUT2D eigenvalue weighted by Gasteiger charge is 1.99. The Morgan fingerprint density at radius 3 is 3.07 bits per heavy atom. The number of ether oxygens (including phenoxy) is 1. The summed E-state index contributed by atoms with van der Waals surface area (Å²) >= 11 is 1.66. The van der Waals surface area contributed by atoms with Crippen LogP contribution in [0.2, 0.25) is 0 Å². The van der Waals surface area contributed by atoms with Crippen LogP contribution < -0.4 is 0 Å². The van der Waals surface area contributed by atoms with Crippen molar-refractivity contribution in [1.29, 1.82) is 0 Å². The van der Waals surface area contributed by atoms with Gasteiger partial charge in [-0.25, -0.2) is 4.79 Å². The van der Waals surface area contributed by atoms with Crippen molar-refractivity contribution >= 4 is 27.4 Å². The molecule has 74 valence electrons. The number of fused-ring (bicyclic) bond motifs is 1. The van der Waals surface area contributed by atoms with E-state index in [0.29, 0.717) is 0 Å². The van der Waals surface area contributed by atoms with Gasteiger partial charge in [-0.05, 0) is 23.6 Å². The fourth-order valence-electron chi connectivity index (χ4n) is 1.27. The van der Waals surface area contributed by atoms with Crippen LogP contribution in [0.4, 0.5) is 0 Å². The number of methoxy groups -OCH3 is 1. The first-order valence-corrected chi connectivity index (χ1v) is 5.25. The Hall–Kier alpha value is -1.79. The normalized spacial score (nSPS) is 9.40. The van der Waals surface area contributed by atoms with E-state index in [1.54, 1.807) is 11.3 Å². The topological polar surface area (TPSA) is 26.3 Å². The molecule has 3 heteroatoms. The van der Waals surface area contributed by atoms with Gasteiger partial charge in [0.1, 0.15) is 0 Å². The molecule has 1 aromatic heterocycles. The second-order valence-corrected chi connectivity index (χ2v) is 3.83. The largest absolute Gasteiger partial charge is 0.459 e. The predicted molar refractivity (Wildman–Crippen MR) is 60.7 cm³/mol. The van der Waals surface area contributed by atoms with Crippen molar-refractivity contribution in [1.82, 2.24) is 0 Å². The summed E-state index contributed by atoms with van der Waals surface area (Å²) in [5, 5.41) is 3.09. The lowest BCUT2D eigenvalue weighted by atomic mass is 10.1. The van der Waals surface area contributed by atoms with Gasteiger partial charge in [0.25, 0.3) is 0 Å². The van der Waals surface area contributed by atoms with E-state index in [4.69, 9.17) is 0 Å². The molecule has 1 aromatic carbocycles. The number of carbonyl (C=O) groups excluding carboxylic acids is 1. The van der Waals surface area contributed by atoms with Gasteiger partial charge in [0, 0.05) is 21.6 Å². The summed E-state index contributed by atoms with van der Waals surface area (Å²) in [6, 6.07) is 7.86. The van der Waals surface area contributed by atoms with Gasteiger partial charge >= 0.3 is 5.97 Å². The zero-order valence-electron chi connectivity index (χ0n) is 8.11. The minimum atomic E-state index is -0.512. The molecule has 2 nitrogen and oxygen atoms in total. The van der Waals surface area contributed by atoms with Crippen LogP contribution in [0.25, 0.3) is 10.1 Å². The van der Waals surface area contributed by atoms with Gasteiger partial charge in [-0.3, -0.25) is 0 Å². The Labute approximate surface area is 91.5 Å². The van der Waals surface area contributed by atoms with Crippen LogP contribution in [0.5, 0.6) is 0 Å². The van der Waals surface area contributed by atoms with Gasteiger partial charge in [0.15, 0.2) is 0 Å². The van der Waals surface area contributed by atoms with E-state index < -0.39 is 5.97 Å². The number of carbonyl (C=O) groups is 1. The molecule has 0 saturated heterocycles. The lowest BCUT2D eigenvalue weighted by Crippen LogP contribution is -1.94. The molecule has 0 radical (unpaired) electrons. The van der Waals surface area contributed by atoms with Crippen LogP contribution in [0.1, 0.15) is 5.56 Å². The molecule has 0 fully saturated rings. The number of rotatable bonds is 0. The lowest BCUT2D eigenvalue weighted by molar-refractivity contribution is -0.133. The van der Waals surface area contributed by atoms with Crippen LogP contribution in [-0.2, 0) is 9.53 Å². The van der Waals surface area contributed by atoms with Crippen molar-refractivity contribution in [2.75, 3.05) is 7.11 Å². The lowest BCUT2D eigenvalue weighted by Gasteiger charge is -1.92. The third-order valence-electron chi connectivity index (χ3n) is 1.98. The molecule has 0 amide bonds. The van der Waals surface area contributed by atoms with Gasteiger partial charge < -0.3 is 4.74 Å². The molecule has 2 rings (SSSR count). The summed E-state index contributed by atoms with van der Waals surface area (Å²) in [4.78, 5) is 10.9. The average Bonchev–Trinajstić information content (AvgIpc) is 2.74. The van der Waals surface area contributed by atoms with E-state index in [9.17, 15) is 4.79 Å². The predicted octanol–water partition coefficient (Wildman–Crippen LogP) is 2.43. The fourth-order valence-corrected chi connectivity index (χ4v) is 2.09. The first kappa shape index (κ1) is 9.75. The number of hydrogen-bond donors (Lipinski definition) is 0. The Bertz CT molecular complexity index is 557. The molecule has 0 aliphatic rings. The van der Waals surface area contributed by atoms with Crippen LogP contribution in [0.3, 0.4) is 0 Å². The summed E-state index contributed by atoms with van der Waals surface area (Å²) in [6.07, 6.45) is 0. The van der Waals surface area contributed by atoms with Gasteiger partial charge in [0.05, 0.1) is 7.11 Å². The smallest absolute Gasteiger partial charge is 0.384 e. The van der Waals surface area contributed by atoms with Crippen molar-refractivity contribution in [2.45, 2.75) is 0 Å². The molecule has 15 heavy (non-hydrogen) atoms. The fraction of sp³-hybridized carbons (Fsp3) is 0.0833. The Balaban J connectivity index is 2.46. The summed E-state index contributed by atoms with van der Waals surface area (Å²) in [5.74, 6) is 4.72. The number of thiophene rings is 1. The minimum Gasteiger partial charge on any atom is -0.459 e. The maximum Gasteiger partial charge on any atom is 0.384 e. The van der Waals surface area contributed by atoms with Crippen molar-refractivity contribution < 1.29 is 9.53 Å². The summed E-state index contributed by atoms with van der Waals surface area (Å²) in [6.45, 7) is 0. The summed E-state index contributed by atoms with van der Waals surface area (Å²) in [5.41, 5.74) is 0.860. The van der Waals surface area contributed by atoms with E-state index in [2.05, 4.69) is 16.6 Å². The summed E-state index contributed by atoms with van der Waals surface area (Å²) in [7, 11) is 1.32. The molecule has 0 aliphatic heterocycles. The van der Waals surface area contributed by atoms with Crippen molar-refractivity contribution in [3.63, 3.8) is 0 Å². The average molecular weight is 216 g/mol. The first-order chi connectivity index (χ1) is 7.31. The molecule has 1 heterocycles. The van der Waals surface area contributed by atoms with Crippen LogP contribution >= 0.6 is 11.3 Å². The van der Waals surface area contributed by atoms with Crippen LogP contribution in [0, 0.1) is 11.8 Å². The maximum absolute atomic E-state index is 10.9. The standard InChI is InChI=1S/C12H8O2S/c1-14-12(13)6-5-9-3-2-4-11-10(9)7-8-15-11/h2-4,7-8H,1H3. The molecule has 0 unspecified atom stereocenters. The van der Waals surface area contributed by atoms with Gasteiger partial charge in [0.2, 0.25) is 0 Å². The highest BCUT2D eigenvalue weighted by atomic mass is 32.1. The second-order valence-electron chi connectivity index (χ2n) is 2.88. The zero-order valence-corrected chi connectivity index (χ0v) is 8.93. The maximum atomic E-state index is 10.9. The molecule has 0 bridgehead atoms. The van der Waals surface area contributed by atoms with E-state index in [1.807, 2.05) is 29.6 Å². The Morgan fingerprint density at radius 1 is 1.40 bits per heavy atom. The van der Waals surface area contributed by atoms with Gasteiger partial charge in [-0.2, -0.15) is 0 Å². The third-order valence-corrected chi connectivity index (χ3v) is 2.86. The molecule has 0 aliphatic carbocycles. The Kier molecular flexibility index (Phi) is 2.70. The van der Waals surface area contributed by atoms with Crippen molar-refractivity contribution in [3.05, 3.63) is 35.2 Å². The van der Waals surface area contributed by atoms with Gasteiger partial charge in [-0.15, -0.1) is 11.3 Å². The highest BCUT2D eigenvalue weighted by molar-refractivity contribution is 7.17. The highest BCUT2D eigenvalue weighted by Crippen LogP contribution is 2.23. The van der Waals surface area contributed by atoms with Crippen molar-refractivity contribution in [3.8, 4) is 11.8 Å².